The minimum atomic E-state index is -0.310. The number of carbonyl (C=O) groups is 2. The molecule has 0 heterocycles. The van der Waals surface area contributed by atoms with E-state index in [1.165, 1.54) is 0 Å². The van der Waals surface area contributed by atoms with Crippen LogP contribution in [-0.2, 0) is 0 Å². The van der Waals surface area contributed by atoms with Gasteiger partial charge in [-0.2, -0.15) is 0 Å². The lowest BCUT2D eigenvalue weighted by molar-refractivity contribution is 0.0950. The van der Waals surface area contributed by atoms with E-state index in [1.807, 2.05) is 0 Å². The van der Waals surface area contributed by atoms with Crippen molar-refractivity contribution in [3.05, 3.63) is 59.7 Å². The van der Waals surface area contributed by atoms with Crippen LogP contribution in [0.1, 0.15) is 54.3 Å². The standard InChI is InChI=1S/C23H29N3O3S/c1-4-5-14-24-21(27)17-6-10-19(11-7-17)25-23(30)26-22(28)18-8-12-20(13-9-18)29-15-16(2)3/h6-13,16H,4-5,14-15H2,1-3H3,(H,24,27)(H2,25,26,28,30). The highest BCUT2D eigenvalue weighted by molar-refractivity contribution is 7.80. The van der Waals surface area contributed by atoms with Crippen LogP contribution in [0.5, 0.6) is 5.75 Å². The topological polar surface area (TPSA) is 79.5 Å². The van der Waals surface area contributed by atoms with Gasteiger partial charge in [0.15, 0.2) is 5.11 Å². The molecule has 2 aromatic rings. The summed E-state index contributed by atoms with van der Waals surface area (Å²) >= 11 is 5.22. The second kappa shape index (κ2) is 11.9. The highest BCUT2D eigenvalue weighted by Gasteiger charge is 2.09. The lowest BCUT2D eigenvalue weighted by Gasteiger charge is -2.11. The molecule has 160 valence electrons. The van der Waals surface area contributed by atoms with Gasteiger partial charge in [-0.1, -0.05) is 27.2 Å². The van der Waals surface area contributed by atoms with Crippen molar-refractivity contribution in [1.29, 1.82) is 0 Å². The second-order valence-electron chi connectivity index (χ2n) is 7.32. The first-order valence-corrected chi connectivity index (χ1v) is 10.5. The summed E-state index contributed by atoms with van der Waals surface area (Å²) in [6.45, 7) is 7.51. The molecule has 0 aliphatic rings. The van der Waals surface area contributed by atoms with Gasteiger partial charge in [-0.25, -0.2) is 0 Å². The molecule has 2 rings (SSSR count). The van der Waals surface area contributed by atoms with Gasteiger partial charge in [0.1, 0.15) is 5.75 Å². The number of unbranched alkanes of at least 4 members (excludes halogenated alkanes) is 1. The normalized spacial score (nSPS) is 10.4. The number of amides is 2. The van der Waals surface area contributed by atoms with Crippen LogP contribution in [0.2, 0.25) is 0 Å². The summed E-state index contributed by atoms with van der Waals surface area (Å²) in [5, 5.41) is 8.65. The van der Waals surface area contributed by atoms with Crippen LogP contribution in [-0.4, -0.2) is 30.1 Å². The summed E-state index contributed by atoms with van der Waals surface area (Å²) in [7, 11) is 0. The molecule has 0 radical (unpaired) electrons. The molecule has 0 atom stereocenters. The molecule has 0 aliphatic heterocycles. The second-order valence-corrected chi connectivity index (χ2v) is 7.73. The number of hydrogen-bond donors (Lipinski definition) is 3. The van der Waals surface area contributed by atoms with Crippen molar-refractivity contribution < 1.29 is 14.3 Å². The number of thiocarbonyl (C=S) groups is 1. The van der Waals surface area contributed by atoms with Gasteiger partial charge >= 0.3 is 0 Å². The molecule has 2 aromatic carbocycles. The van der Waals surface area contributed by atoms with Crippen LogP contribution in [0.3, 0.4) is 0 Å². The van der Waals surface area contributed by atoms with Crippen LogP contribution in [0.4, 0.5) is 5.69 Å². The fraction of sp³-hybridized carbons (Fsp3) is 0.348. The molecular formula is C23H29N3O3S. The summed E-state index contributed by atoms with van der Waals surface area (Å²) in [5.41, 5.74) is 1.74. The maximum atomic E-state index is 12.4. The van der Waals surface area contributed by atoms with Crippen molar-refractivity contribution in [2.75, 3.05) is 18.5 Å². The predicted octanol–water partition coefficient (Wildman–Crippen LogP) is 4.38. The predicted molar refractivity (Wildman–Crippen MR) is 124 cm³/mol. The van der Waals surface area contributed by atoms with E-state index in [0.717, 1.165) is 18.6 Å². The summed E-state index contributed by atoms with van der Waals surface area (Å²) in [6.07, 6.45) is 1.98. The number of carbonyl (C=O) groups excluding carboxylic acids is 2. The zero-order valence-corrected chi connectivity index (χ0v) is 18.5. The van der Waals surface area contributed by atoms with Crippen molar-refractivity contribution in [2.24, 2.45) is 5.92 Å². The molecule has 0 unspecified atom stereocenters. The van der Waals surface area contributed by atoms with Crippen molar-refractivity contribution in [1.82, 2.24) is 10.6 Å². The van der Waals surface area contributed by atoms with Gasteiger partial charge in [0.25, 0.3) is 11.8 Å². The Labute approximate surface area is 183 Å². The van der Waals surface area contributed by atoms with Crippen LogP contribution in [0.15, 0.2) is 48.5 Å². The Hall–Kier alpha value is -2.93. The van der Waals surface area contributed by atoms with E-state index >= 15 is 0 Å². The average Bonchev–Trinajstić information content (AvgIpc) is 2.73. The third-order valence-electron chi connectivity index (χ3n) is 4.15. The van der Waals surface area contributed by atoms with Crippen molar-refractivity contribution in [3.63, 3.8) is 0 Å². The molecule has 0 aromatic heterocycles. The van der Waals surface area contributed by atoms with Crippen LogP contribution in [0.25, 0.3) is 0 Å². The SMILES string of the molecule is CCCCNC(=O)c1ccc(NC(=S)NC(=O)c2ccc(OCC(C)C)cc2)cc1. The van der Waals surface area contributed by atoms with E-state index in [0.29, 0.717) is 35.9 Å². The number of benzene rings is 2. The average molecular weight is 428 g/mol. The maximum Gasteiger partial charge on any atom is 0.257 e. The van der Waals surface area contributed by atoms with Gasteiger partial charge in [0, 0.05) is 23.4 Å². The zero-order chi connectivity index (χ0) is 21.9. The number of ether oxygens (including phenoxy) is 1. The summed E-state index contributed by atoms with van der Waals surface area (Å²) in [4.78, 5) is 24.4. The van der Waals surface area contributed by atoms with Gasteiger partial charge in [0.05, 0.1) is 6.61 Å². The Balaban J connectivity index is 1.84. The minimum Gasteiger partial charge on any atom is -0.493 e. The van der Waals surface area contributed by atoms with E-state index in [2.05, 4.69) is 36.7 Å². The van der Waals surface area contributed by atoms with Gasteiger partial charge in [-0.05, 0) is 73.1 Å². The summed E-state index contributed by atoms with van der Waals surface area (Å²) < 4.78 is 5.62. The Morgan fingerprint density at radius 3 is 2.17 bits per heavy atom. The molecule has 0 aliphatic carbocycles. The Bertz CT molecular complexity index is 849. The molecule has 0 spiro atoms. The largest absolute Gasteiger partial charge is 0.493 e. The number of anilines is 1. The van der Waals surface area contributed by atoms with Crippen molar-refractivity contribution >= 4 is 34.8 Å². The minimum absolute atomic E-state index is 0.105. The Morgan fingerprint density at radius 2 is 1.57 bits per heavy atom. The van der Waals surface area contributed by atoms with Crippen LogP contribution in [0, 0.1) is 5.92 Å². The smallest absolute Gasteiger partial charge is 0.257 e. The summed E-state index contributed by atoms with van der Waals surface area (Å²) in [6, 6.07) is 13.8. The third kappa shape index (κ3) is 7.83. The van der Waals surface area contributed by atoms with E-state index < -0.39 is 0 Å². The van der Waals surface area contributed by atoms with Gasteiger partial charge in [0.2, 0.25) is 0 Å². The quantitative estimate of drug-likeness (QED) is 0.409. The number of rotatable bonds is 9. The highest BCUT2D eigenvalue weighted by atomic mass is 32.1. The number of hydrogen-bond acceptors (Lipinski definition) is 4. The lowest BCUT2D eigenvalue weighted by atomic mass is 10.2. The molecule has 0 bridgehead atoms. The fourth-order valence-electron chi connectivity index (χ4n) is 2.49. The molecule has 0 fully saturated rings. The van der Waals surface area contributed by atoms with Crippen molar-refractivity contribution in [3.8, 4) is 5.75 Å². The van der Waals surface area contributed by atoms with Gasteiger partial charge in [-0.3, -0.25) is 14.9 Å². The number of nitrogens with one attached hydrogen (secondary N) is 3. The molecule has 3 N–H and O–H groups in total. The molecular weight excluding hydrogens is 398 g/mol. The summed E-state index contributed by atoms with van der Waals surface area (Å²) in [5.74, 6) is 0.738. The van der Waals surface area contributed by atoms with Gasteiger partial charge in [-0.15, -0.1) is 0 Å². The van der Waals surface area contributed by atoms with E-state index in [-0.39, 0.29) is 16.9 Å². The molecule has 7 heteroatoms. The Kier molecular flexibility index (Phi) is 9.28. The fourth-order valence-corrected chi connectivity index (χ4v) is 2.70. The molecule has 6 nitrogen and oxygen atoms in total. The van der Waals surface area contributed by atoms with Crippen LogP contribution >= 0.6 is 12.2 Å². The molecule has 0 saturated heterocycles. The lowest BCUT2D eigenvalue weighted by Crippen LogP contribution is -2.34. The van der Waals surface area contributed by atoms with Crippen molar-refractivity contribution in [2.45, 2.75) is 33.6 Å². The molecule has 2 amide bonds. The first-order valence-electron chi connectivity index (χ1n) is 10.1. The Morgan fingerprint density at radius 1 is 0.967 bits per heavy atom. The van der Waals surface area contributed by atoms with E-state index in [4.69, 9.17) is 17.0 Å². The first kappa shape index (κ1) is 23.3. The van der Waals surface area contributed by atoms with E-state index in [1.54, 1.807) is 48.5 Å². The third-order valence-corrected chi connectivity index (χ3v) is 4.35. The molecule has 30 heavy (non-hydrogen) atoms. The first-order chi connectivity index (χ1) is 14.4. The van der Waals surface area contributed by atoms with E-state index in [9.17, 15) is 9.59 Å². The highest BCUT2D eigenvalue weighted by Crippen LogP contribution is 2.14. The van der Waals surface area contributed by atoms with Gasteiger partial charge < -0.3 is 15.4 Å². The maximum absolute atomic E-state index is 12.4. The monoisotopic (exact) mass is 427 g/mol. The van der Waals surface area contributed by atoms with Crippen LogP contribution < -0.4 is 20.7 Å². The zero-order valence-electron chi connectivity index (χ0n) is 17.7. The molecule has 0 saturated carbocycles.